The fourth-order valence-electron chi connectivity index (χ4n) is 3.33. The lowest BCUT2D eigenvalue weighted by molar-refractivity contribution is -0.121. The van der Waals surface area contributed by atoms with Crippen molar-refractivity contribution < 1.29 is 22.7 Å². The number of rotatable bonds is 11. The Labute approximate surface area is 206 Å². The highest BCUT2D eigenvalue weighted by molar-refractivity contribution is 7.89. The molecule has 8 nitrogen and oxygen atoms in total. The zero-order valence-corrected chi connectivity index (χ0v) is 20.7. The molecule has 184 valence electrons. The third-order valence-corrected chi connectivity index (χ3v) is 6.60. The van der Waals surface area contributed by atoms with Crippen LogP contribution in [0.4, 0.5) is 0 Å². The van der Waals surface area contributed by atoms with Gasteiger partial charge in [-0.3, -0.25) is 4.79 Å². The van der Waals surface area contributed by atoms with E-state index in [4.69, 9.17) is 9.47 Å². The van der Waals surface area contributed by atoms with E-state index in [1.807, 2.05) is 19.9 Å². The van der Waals surface area contributed by atoms with Gasteiger partial charge in [-0.1, -0.05) is 48.0 Å². The number of sulfonamides is 1. The van der Waals surface area contributed by atoms with Crippen LogP contribution in [0.3, 0.4) is 0 Å². The van der Waals surface area contributed by atoms with E-state index in [1.54, 1.807) is 61.7 Å². The second-order valence-electron chi connectivity index (χ2n) is 7.74. The molecule has 1 atom stereocenters. The standard InChI is InChI=1S/C26H29N3O5S/c1-4-34-24-15-12-20(16-25(24)33-3)18-27-28-26(30)17-23(21-8-6-5-7-9-21)29-35(31,32)22-13-10-19(2)11-14-22/h5-16,18,23,29H,4,17H2,1-3H3,(H,28,30)/b27-18-/t23-/m0/s1. The molecule has 35 heavy (non-hydrogen) atoms. The molecule has 0 bridgehead atoms. The predicted molar refractivity (Wildman–Crippen MR) is 135 cm³/mol. The summed E-state index contributed by atoms with van der Waals surface area (Å²) in [5.41, 5.74) is 4.78. The van der Waals surface area contributed by atoms with Gasteiger partial charge in [0.15, 0.2) is 11.5 Å². The first-order valence-electron chi connectivity index (χ1n) is 11.1. The quantitative estimate of drug-likeness (QED) is 0.309. The molecule has 0 aliphatic carbocycles. The number of ether oxygens (including phenoxy) is 2. The van der Waals surface area contributed by atoms with Gasteiger partial charge in [-0.15, -0.1) is 0 Å². The molecule has 0 saturated heterocycles. The smallest absolute Gasteiger partial charge is 0.242 e. The third-order valence-electron chi connectivity index (χ3n) is 5.11. The number of carbonyl (C=O) groups is 1. The molecule has 0 aliphatic heterocycles. The molecule has 0 aromatic heterocycles. The predicted octanol–water partition coefficient (Wildman–Crippen LogP) is 3.96. The van der Waals surface area contributed by atoms with E-state index in [-0.39, 0.29) is 11.3 Å². The van der Waals surface area contributed by atoms with Crippen molar-refractivity contribution in [3.05, 3.63) is 89.5 Å². The van der Waals surface area contributed by atoms with E-state index in [0.29, 0.717) is 29.2 Å². The number of hydrazone groups is 1. The molecular weight excluding hydrogens is 466 g/mol. The highest BCUT2D eigenvalue weighted by Crippen LogP contribution is 2.27. The van der Waals surface area contributed by atoms with Crippen molar-refractivity contribution in [2.75, 3.05) is 13.7 Å². The fourth-order valence-corrected chi connectivity index (χ4v) is 4.56. The Balaban J connectivity index is 1.71. The molecule has 3 rings (SSSR count). The number of aryl methyl sites for hydroxylation is 1. The van der Waals surface area contributed by atoms with E-state index < -0.39 is 22.0 Å². The Morgan fingerprint density at radius 3 is 2.40 bits per heavy atom. The first kappa shape index (κ1) is 25.9. The average molecular weight is 496 g/mol. The van der Waals surface area contributed by atoms with Crippen molar-refractivity contribution in [2.45, 2.75) is 31.2 Å². The maximum absolute atomic E-state index is 12.9. The van der Waals surface area contributed by atoms with E-state index in [9.17, 15) is 13.2 Å². The molecule has 0 saturated carbocycles. The molecule has 0 radical (unpaired) electrons. The molecule has 0 spiro atoms. The summed E-state index contributed by atoms with van der Waals surface area (Å²) in [5, 5.41) is 4.01. The first-order valence-corrected chi connectivity index (χ1v) is 12.6. The second-order valence-corrected chi connectivity index (χ2v) is 9.45. The molecule has 0 heterocycles. The van der Waals surface area contributed by atoms with Gasteiger partial charge in [0.25, 0.3) is 0 Å². The molecule has 0 unspecified atom stereocenters. The van der Waals surface area contributed by atoms with Gasteiger partial charge in [-0.05, 0) is 55.3 Å². The second kappa shape index (κ2) is 12.1. The van der Waals surface area contributed by atoms with Crippen LogP contribution in [-0.2, 0) is 14.8 Å². The van der Waals surface area contributed by atoms with Crippen LogP contribution < -0.4 is 19.6 Å². The van der Waals surface area contributed by atoms with Crippen molar-refractivity contribution in [3.8, 4) is 11.5 Å². The van der Waals surface area contributed by atoms with Crippen molar-refractivity contribution in [2.24, 2.45) is 5.10 Å². The van der Waals surface area contributed by atoms with Crippen LogP contribution in [-0.4, -0.2) is 34.3 Å². The highest BCUT2D eigenvalue weighted by Gasteiger charge is 2.23. The van der Waals surface area contributed by atoms with Gasteiger partial charge in [0, 0.05) is 6.42 Å². The zero-order chi connectivity index (χ0) is 25.3. The minimum Gasteiger partial charge on any atom is -0.493 e. The fraction of sp³-hybridized carbons (Fsp3) is 0.231. The summed E-state index contributed by atoms with van der Waals surface area (Å²) in [6.07, 6.45) is 1.34. The van der Waals surface area contributed by atoms with Crippen LogP contribution in [0.5, 0.6) is 11.5 Å². The Hall–Kier alpha value is -3.69. The summed E-state index contributed by atoms with van der Waals surface area (Å²) in [7, 11) is -2.30. The molecular formula is C26H29N3O5S. The van der Waals surface area contributed by atoms with Crippen LogP contribution in [0.2, 0.25) is 0 Å². The lowest BCUT2D eigenvalue weighted by Crippen LogP contribution is -2.32. The number of amides is 1. The van der Waals surface area contributed by atoms with Gasteiger partial charge in [-0.2, -0.15) is 5.10 Å². The van der Waals surface area contributed by atoms with Crippen LogP contribution in [0.25, 0.3) is 0 Å². The Morgan fingerprint density at radius 2 is 1.74 bits per heavy atom. The molecule has 0 aliphatic rings. The molecule has 0 fully saturated rings. The molecule has 3 aromatic carbocycles. The monoisotopic (exact) mass is 495 g/mol. The van der Waals surface area contributed by atoms with E-state index in [1.165, 1.54) is 18.3 Å². The normalized spacial score (nSPS) is 12.3. The summed E-state index contributed by atoms with van der Waals surface area (Å²) in [4.78, 5) is 12.8. The van der Waals surface area contributed by atoms with Gasteiger partial charge >= 0.3 is 0 Å². The van der Waals surface area contributed by atoms with Crippen LogP contribution in [0.1, 0.15) is 36.1 Å². The van der Waals surface area contributed by atoms with Crippen molar-refractivity contribution in [1.29, 1.82) is 0 Å². The highest BCUT2D eigenvalue weighted by atomic mass is 32.2. The maximum Gasteiger partial charge on any atom is 0.242 e. The molecule has 3 aromatic rings. The molecule has 2 N–H and O–H groups in total. The summed E-state index contributed by atoms with van der Waals surface area (Å²) >= 11 is 0. The number of nitrogens with zero attached hydrogens (tertiary/aromatic N) is 1. The topological polar surface area (TPSA) is 106 Å². The minimum absolute atomic E-state index is 0.131. The van der Waals surface area contributed by atoms with Gasteiger partial charge in [0.05, 0.1) is 30.9 Å². The largest absolute Gasteiger partial charge is 0.493 e. The van der Waals surface area contributed by atoms with Gasteiger partial charge in [0.1, 0.15) is 0 Å². The van der Waals surface area contributed by atoms with Crippen LogP contribution >= 0.6 is 0 Å². The van der Waals surface area contributed by atoms with Crippen LogP contribution in [0, 0.1) is 6.92 Å². The van der Waals surface area contributed by atoms with Gasteiger partial charge in [0.2, 0.25) is 15.9 Å². The summed E-state index contributed by atoms with van der Waals surface area (Å²) in [5.74, 6) is 0.721. The maximum atomic E-state index is 12.9. The summed E-state index contributed by atoms with van der Waals surface area (Å²) in [6, 6.07) is 20.0. The van der Waals surface area contributed by atoms with Crippen LogP contribution in [0.15, 0.2) is 82.8 Å². The number of methoxy groups -OCH3 is 1. The van der Waals surface area contributed by atoms with Gasteiger partial charge < -0.3 is 9.47 Å². The lowest BCUT2D eigenvalue weighted by Gasteiger charge is -2.18. The van der Waals surface area contributed by atoms with E-state index in [0.717, 1.165) is 5.56 Å². The zero-order valence-electron chi connectivity index (χ0n) is 19.9. The Morgan fingerprint density at radius 1 is 1.03 bits per heavy atom. The Bertz CT molecular complexity index is 1260. The summed E-state index contributed by atoms with van der Waals surface area (Å²) in [6.45, 7) is 4.27. The van der Waals surface area contributed by atoms with Crippen molar-refractivity contribution >= 4 is 22.1 Å². The number of benzene rings is 3. The first-order chi connectivity index (χ1) is 16.8. The number of hydrogen-bond acceptors (Lipinski definition) is 6. The minimum atomic E-state index is -3.84. The summed E-state index contributed by atoms with van der Waals surface area (Å²) < 4.78 is 39.4. The van der Waals surface area contributed by atoms with E-state index >= 15 is 0 Å². The average Bonchev–Trinajstić information content (AvgIpc) is 2.85. The number of hydrogen-bond donors (Lipinski definition) is 2. The van der Waals surface area contributed by atoms with Crippen molar-refractivity contribution in [3.63, 3.8) is 0 Å². The SMILES string of the molecule is CCOc1ccc(/C=N\NC(=O)C[C@H](NS(=O)(=O)c2ccc(C)cc2)c2ccccc2)cc1OC. The molecule has 9 heteroatoms. The molecule has 1 amide bonds. The third kappa shape index (κ3) is 7.40. The van der Waals surface area contributed by atoms with Gasteiger partial charge in [-0.25, -0.2) is 18.6 Å². The number of carbonyl (C=O) groups excluding carboxylic acids is 1. The number of nitrogens with one attached hydrogen (secondary N) is 2. The lowest BCUT2D eigenvalue weighted by atomic mass is 10.0. The van der Waals surface area contributed by atoms with Crippen molar-refractivity contribution in [1.82, 2.24) is 10.1 Å². The van der Waals surface area contributed by atoms with E-state index in [2.05, 4.69) is 15.2 Å². The Kier molecular flexibility index (Phi) is 8.99.